The van der Waals surface area contributed by atoms with Gasteiger partial charge in [0.1, 0.15) is 11.2 Å². The van der Waals surface area contributed by atoms with Gasteiger partial charge in [-0.15, -0.1) is 0 Å². The molecule has 0 saturated heterocycles. The van der Waals surface area contributed by atoms with Gasteiger partial charge in [0.05, 0.1) is 0 Å². The summed E-state index contributed by atoms with van der Waals surface area (Å²) in [5.41, 5.74) is 13.4. The summed E-state index contributed by atoms with van der Waals surface area (Å²) in [5, 5.41) is 4.41. The standard InChI is InChI=1S/C55H35N3O/c1-3-13-36(14-4-1)38-27-31-41(32-28-38)53-56-54(42-33-29-40(30-34-42)46-22-10-18-39-17-7-8-21-45(39)46)58-55(57-53)49-25-12-26-50-51(49)48-24-11-23-47(52(48)59-50)44-20-9-19-43(35-44)37-15-5-2-6-16-37/h1-35H. The second-order valence-corrected chi connectivity index (χ2v) is 14.8. The summed E-state index contributed by atoms with van der Waals surface area (Å²) < 4.78 is 6.75. The Morgan fingerprint density at radius 1 is 0.288 bits per heavy atom. The highest BCUT2D eigenvalue weighted by molar-refractivity contribution is 6.15. The number of para-hydroxylation sites is 1. The predicted molar refractivity (Wildman–Crippen MR) is 243 cm³/mol. The van der Waals surface area contributed by atoms with Crippen LogP contribution in [-0.4, -0.2) is 15.0 Å². The van der Waals surface area contributed by atoms with E-state index in [0.29, 0.717) is 17.5 Å². The molecule has 0 saturated carbocycles. The Hall–Kier alpha value is -7.95. The van der Waals surface area contributed by atoms with Gasteiger partial charge in [0.15, 0.2) is 17.5 Å². The molecule has 59 heavy (non-hydrogen) atoms. The minimum absolute atomic E-state index is 0.583. The van der Waals surface area contributed by atoms with Crippen molar-refractivity contribution in [1.29, 1.82) is 0 Å². The lowest BCUT2D eigenvalue weighted by Crippen LogP contribution is -2.00. The van der Waals surface area contributed by atoms with Crippen LogP contribution >= 0.6 is 0 Å². The fourth-order valence-electron chi connectivity index (χ4n) is 8.23. The maximum absolute atomic E-state index is 6.75. The maximum atomic E-state index is 6.75. The fourth-order valence-corrected chi connectivity index (χ4v) is 8.23. The molecule has 0 bridgehead atoms. The van der Waals surface area contributed by atoms with E-state index in [0.717, 1.165) is 72.0 Å². The van der Waals surface area contributed by atoms with E-state index in [-0.39, 0.29) is 0 Å². The van der Waals surface area contributed by atoms with Crippen molar-refractivity contribution in [1.82, 2.24) is 15.0 Å². The van der Waals surface area contributed by atoms with Crippen LogP contribution in [0, 0.1) is 0 Å². The molecule has 0 unspecified atom stereocenters. The third-order valence-corrected chi connectivity index (χ3v) is 11.2. The van der Waals surface area contributed by atoms with Gasteiger partial charge in [-0.2, -0.15) is 0 Å². The lowest BCUT2D eigenvalue weighted by Gasteiger charge is -2.11. The Bertz CT molecular complexity index is 3290. The van der Waals surface area contributed by atoms with E-state index in [1.807, 2.05) is 24.3 Å². The SMILES string of the molecule is c1ccc(-c2ccc(-c3nc(-c4ccc(-c5cccc6ccccc56)cc4)nc(-c4cccc5oc6c(-c7cccc(-c8ccccc8)c7)cccc6c45)n3)cc2)cc1. The summed E-state index contributed by atoms with van der Waals surface area (Å²) in [6.07, 6.45) is 0. The predicted octanol–water partition coefficient (Wildman–Crippen LogP) is 14.6. The zero-order valence-electron chi connectivity index (χ0n) is 32.0. The van der Waals surface area contributed by atoms with E-state index < -0.39 is 0 Å². The summed E-state index contributed by atoms with van der Waals surface area (Å²) in [6, 6.07) is 74.0. The normalized spacial score (nSPS) is 11.4. The van der Waals surface area contributed by atoms with Gasteiger partial charge in [0.2, 0.25) is 0 Å². The Balaban J connectivity index is 1.06. The monoisotopic (exact) mass is 753 g/mol. The summed E-state index contributed by atoms with van der Waals surface area (Å²) in [6.45, 7) is 0. The van der Waals surface area contributed by atoms with Crippen molar-refractivity contribution in [3.8, 4) is 78.7 Å². The first-order valence-corrected chi connectivity index (χ1v) is 19.8. The number of hydrogen-bond acceptors (Lipinski definition) is 4. The number of fused-ring (bicyclic) bond motifs is 4. The van der Waals surface area contributed by atoms with Crippen molar-refractivity contribution >= 4 is 32.7 Å². The Labute approximate surface area is 341 Å². The third kappa shape index (κ3) is 6.34. The van der Waals surface area contributed by atoms with Crippen LogP contribution in [0.25, 0.3) is 111 Å². The second kappa shape index (κ2) is 14.5. The number of rotatable bonds is 7. The summed E-state index contributed by atoms with van der Waals surface area (Å²) in [7, 11) is 0. The quantitative estimate of drug-likeness (QED) is 0.163. The van der Waals surface area contributed by atoms with E-state index in [1.165, 1.54) is 21.9 Å². The summed E-state index contributed by atoms with van der Waals surface area (Å²) in [5.74, 6) is 1.79. The lowest BCUT2D eigenvalue weighted by atomic mass is 9.97. The van der Waals surface area contributed by atoms with Gasteiger partial charge < -0.3 is 4.42 Å². The molecule has 2 heterocycles. The van der Waals surface area contributed by atoms with E-state index in [9.17, 15) is 0 Å². The molecule has 276 valence electrons. The van der Waals surface area contributed by atoms with E-state index in [2.05, 4.69) is 188 Å². The molecule has 0 amide bonds. The zero-order chi connectivity index (χ0) is 39.1. The van der Waals surface area contributed by atoms with Crippen LogP contribution in [0.15, 0.2) is 217 Å². The number of aromatic nitrogens is 3. The fraction of sp³-hybridized carbons (Fsp3) is 0. The molecule has 0 spiro atoms. The lowest BCUT2D eigenvalue weighted by molar-refractivity contribution is 0.670. The van der Waals surface area contributed by atoms with Gasteiger partial charge in [-0.3, -0.25) is 0 Å². The molecule has 0 radical (unpaired) electrons. The van der Waals surface area contributed by atoms with E-state index in [4.69, 9.17) is 19.4 Å². The minimum atomic E-state index is 0.583. The largest absolute Gasteiger partial charge is 0.455 e. The van der Waals surface area contributed by atoms with Crippen LogP contribution in [0.1, 0.15) is 0 Å². The number of nitrogens with zero attached hydrogens (tertiary/aromatic N) is 3. The molecule has 4 nitrogen and oxygen atoms in total. The van der Waals surface area contributed by atoms with E-state index >= 15 is 0 Å². The van der Waals surface area contributed by atoms with Gasteiger partial charge in [-0.25, -0.2) is 15.0 Å². The molecule has 0 aliphatic carbocycles. The van der Waals surface area contributed by atoms with Crippen molar-refractivity contribution in [3.05, 3.63) is 212 Å². The minimum Gasteiger partial charge on any atom is -0.455 e. The number of furan rings is 1. The first-order valence-electron chi connectivity index (χ1n) is 19.8. The molecule has 0 aliphatic heterocycles. The van der Waals surface area contributed by atoms with Crippen molar-refractivity contribution in [2.45, 2.75) is 0 Å². The maximum Gasteiger partial charge on any atom is 0.164 e. The van der Waals surface area contributed by atoms with Gasteiger partial charge in [0.25, 0.3) is 0 Å². The average Bonchev–Trinajstić information content (AvgIpc) is 3.71. The molecule has 9 aromatic carbocycles. The van der Waals surface area contributed by atoms with Crippen LogP contribution in [0.2, 0.25) is 0 Å². The van der Waals surface area contributed by atoms with Crippen LogP contribution in [0.4, 0.5) is 0 Å². The van der Waals surface area contributed by atoms with Crippen molar-refractivity contribution < 1.29 is 4.42 Å². The third-order valence-electron chi connectivity index (χ3n) is 11.2. The topological polar surface area (TPSA) is 51.8 Å². The first-order chi connectivity index (χ1) is 29.2. The Morgan fingerprint density at radius 3 is 1.51 bits per heavy atom. The van der Waals surface area contributed by atoms with Crippen molar-refractivity contribution in [3.63, 3.8) is 0 Å². The van der Waals surface area contributed by atoms with Crippen molar-refractivity contribution in [2.24, 2.45) is 0 Å². The van der Waals surface area contributed by atoms with Crippen LogP contribution in [-0.2, 0) is 0 Å². The molecule has 0 N–H and O–H groups in total. The molecule has 0 atom stereocenters. The molecular weight excluding hydrogens is 719 g/mol. The van der Waals surface area contributed by atoms with Crippen LogP contribution in [0.3, 0.4) is 0 Å². The van der Waals surface area contributed by atoms with Gasteiger partial charge in [-0.1, -0.05) is 200 Å². The van der Waals surface area contributed by atoms with Gasteiger partial charge in [-0.05, 0) is 61.8 Å². The highest BCUT2D eigenvalue weighted by Gasteiger charge is 2.20. The number of hydrogen-bond donors (Lipinski definition) is 0. The first kappa shape index (κ1) is 34.3. The molecular formula is C55H35N3O. The molecule has 0 fully saturated rings. The van der Waals surface area contributed by atoms with E-state index in [1.54, 1.807) is 0 Å². The van der Waals surface area contributed by atoms with Crippen molar-refractivity contribution in [2.75, 3.05) is 0 Å². The molecule has 2 aromatic heterocycles. The second-order valence-electron chi connectivity index (χ2n) is 14.8. The summed E-state index contributed by atoms with van der Waals surface area (Å²) >= 11 is 0. The molecule has 0 aliphatic rings. The smallest absolute Gasteiger partial charge is 0.164 e. The molecule has 11 aromatic rings. The molecule has 4 heteroatoms. The number of benzene rings is 9. The zero-order valence-corrected chi connectivity index (χ0v) is 32.0. The highest BCUT2D eigenvalue weighted by Crippen LogP contribution is 2.41. The Morgan fingerprint density at radius 2 is 0.763 bits per heavy atom. The Kier molecular flexibility index (Phi) is 8.45. The van der Waals surface area contributed by atoms with Crippen LogP contribution < -0.4 is 0 Å². The van der Waals surface area contributed by atoms with Gasteiger partial charge >= 0.3 is 0 Å². The van der Waals surface area contributed by atoms with Gasteiger partial charge in [0, 0.05) is 33.0 Å². The van der Waals surface area contributed by atoms with Crippen LogP contribution in [0.5, 0.6) is 0 Å². The molecule has 11 rings (SSSR count). The average molecular weight is 754 g/mol. The highest BCUT2D eigenvalue weighted by atomic mass is 16.3. The summed E-state index contributed by atoms with van der Waals surface area (Å²) in [4.78, 5) is 15.5.